The lowest BCUT2D eigenvalue weighted by Gasteiger charge is -2.18. The van der Waals surface area contributed by atoms with Gasteiger partial charge in [-0.15, -0.1) is 0 Å². The molecule has 4 nitrogen and oxygen atoms in total. The van der Waals surface area contributed by atoms with Crippen molar-refractivity contribution in [2.24, 2.45) is 0 Å². The fraction of sp³-hybridized carbons (Fsp3) is 0.182. The van der Waals surface area contributed by atoms with Gasteiger partial charge in [-0.2, -0.15) is 0 Å². The second-order valence-corrected chi connectivity index (χ2v) is 8.23. The molecule has 0 spiro atoms. The van der Waals surface area contributed by atoms with Crippen molar-refractivity contribution in [2.75, 3.05) is 4.72 Å². The summed E-state index contributed by atoms with van der Waals surface area (Å²) in [6.45, 7) is 7.52. The molecular weight excluding hydrogens is 358 g/mol. The number of para-hydroxylation sites is 3. The van der Waals surface area contributed by atoms with Crippen LogP contribution in [0, 0.1) is 27.7 Å². The van der Waals surface area contributed by atoms with E-state index in [9.17, 15) is 8.42 Å². The van der Waals surface area contributed by atoms with E-state index in [2.05, 4.69) is 4.72 Å². The van der Waals surface area contributed by atoms with Crippen LogP contribution in [0.4, 0.5) is 5.69 Å². The Bertz CT molecular complexity index is 1050. The molecule has 0 aliphatic rings. The predicted molar refractivity (Wildman–Crippen MR) is 109 cm³/mol. The van der Waals surface area contributed by atoms with Gasteiger partial charge in [0.25, 0.3) is 10.0 Å². The molecule has 3 rings (SSSR count). The van der Waals surface area contributed by atoms with Crippen LogP contribution in [0.5, 0.6) is 11.5 Å². The topological polar surface area (TPSA) is 55.4 Å². The highest BCUT2D eigenvalue weighted by molar-refractivity contribution is 7.92. The first-order chi connectivity index (χ1) is 12.8. The number of hydrogen-bond donors (Lipinski definition) is 1. The molecule has 1 N–H and O–H groups in total. The first-order valence-electron chi connectivity index (χ1n) is 8.72. The van der Waals surface area contributed by atoms with Gasteiger partial charge in [-0.1, -0.05) is 36.4 Å². The normalized spacial score (nSPS) is 11.3. The molecule has 0 aliphatic heterocycles. The molecule has 3 aromatic rings. The molecule has 27 heavy (non-hydrogen) atoms. The molecule has 0 aliphatic carbocycles. The average Bonchev–Trinajstić information content (AvgIpc) is 2.62. The van der Waals surface area contributed by atoms with Gasteiger partial charge in [-0.3, -0.25) is 4.72 Å². The molecule has 0 heterocycles. The summed E-state index contributed by atoms with van der Waals surface area (Å²) in [7, 11) is -3.76. The summed E-state index contributed by atoms with van der Waals surface area (Å²) >= 11 is 0. The quantitative estimate of drug-likeness (QED) is 0.634. The molecule has 0 radical (unpaired) electrons. The molecule has 0 aromatic heterocycles. The summed E-state index contributed by atoms with van der Waals surface area (Å²) in [6, 6.07) is 18.3. The molecular formula is C22H23NO3S. The Morgan fingerprint density at radius 1 is 0.778 bits per heavy atom. The zero-order valence-electron chi connectivity index (χ0n) is 15.9. The summed E-state index contributed by atoms with van der Waals surface area (Å²) in [5.74, 6) is 1.09. The van der Waals surface area contributed by atoms with Gasteiger partial charge >= 0.3 is 0 Å². The standard InChI is InChI=1S/C22H23NO3S/c1-15-14-16(2)18(4)22(17(15)3)27(24,25)23-20-12-8-9-13-21(20)26-19-10-6-5-7-11-19/h5-14,23H,1-4H3. The number of hydrogen-bond acceptors (Lipinski definition) is 3. The van der Waals surface area contributed by atoms with Gasteiger partial charge in [-0.05, 0) is 74.2 Å². The van der Waals surface area contributed by atoms with Crippen molar-refractivity contribution in [1.82, 2.24) is 0 Å². The fourth-order valence-corrected chi connectivity index (χ4v) is 4.72. The minimum absolute atomic E-state index is 0.328. The zero-order chi connectivity index (χ0) is 19.6. The smallest absolute Gasteiger partial charge is 0.262 e. The maximum absolute atomic E-state index is 13.2. The van der Waals surface area contributed by atoms with Crippen LogP contribution in [0.1, 0.15) is 22.3 Å². The molecule has 0 unspecified atom stereocenters. The molecule has 140 valence electrons. The van der Waals surface area contributed by atoms with Crippen molar-refractivity contribution in [2.45, 2.75) is 32.6 Å². The molecule has 0 atom stereocenters. The van der Waals surface area contributed by atoms with Gasteiger partial charge in [0.2, 0.25) is 0 Å². The van der Waals surface area contributed by atoms with E-state index in [1.807, 2.05) is 70.2 Å². The highest BCUT2D eigenvalue weighted by Crippen LogP contribution is 2.33. The Morgan fingerprint density at radius 2 is 1.33 bits per heavy atom. The Hall–Kier alpha value is -2.79. The average molecular weight is 381 g/mol. The van der Waals surface area contributed by atoms with Crippen molar-refractivity contribution in [3.05, 3.63) is 82.9 Å². The van der Waals surface area contributed by atoms with E-state index in [-0.39, 0.29) is 0 Å². The Morgan fingerprint density at radius 3 is 1.96 bits per heavy atom. The summed E-state index contributed by atoms with van der Waals surface area (Å²) in [6.07, 6.45) is 0. The van der Waals surface area contributed by atoms with Crippen molar-refractivity contribution in [3.8, 4) is 11.5 Å². The van der Waals surface area contributed by atoms with Gasteiger partial charge < -0.3 is 4.74 Å². The fourth-order valence-electron chi connectivity index (χ4n) is 3.04. The van der Waals surface area contributed by atoms with Gasteiger partial charge in [0, 0.05) is 0 Å². The summed E-state index contributed by atoms with van der Waals surface area (Å²) in [5.41, 5.74) is 3.82. The van der Waals surface area contributed by atoms with E-state index in [0.717, 1.165) is 22.3 Å². The van der Waals surface area contributed by atoms with Crippen LogP contribution < -0.4 is 9.46 Å². The van der Waals surface area contributed by atoms with E-state index < -0.39 is 10.0 Å². The number of anilines is 1. The van der Waals surface area contributed by atoms with E-state index in [1.54, 1.807) is 18.2 Å². The first-order valence-corrected chi connectivity index (χ1v) is 10.2. The highest BCUT2D eigenvalue weighted by Gasteiger charge is 2.23. The van der Waals surface area contributed by atoms with Crippen LogP contribution in [0.3, 0.4) is 0 Å². The van der Waals surface area contributed by atoms with Crippen LogP contribution in [-0.4, -0.2) is 8.42 Å². The zero-order valence-corrected chi connectivity index (χ0v) is 16.7. The van der Waals surface area contributed by atoms with Crippen LogP contribution in [0.25, 0.3) is 0 Å². The van der Waals surface area contributed by atoms with E-state index in [1.165, 1.54) is 0 Å². The maximum atomic E-state index is 13.2. The predicted octanol–water partition coefficient (Wildman–Crippen LogP) is 5.51. The van der Waals surface area contributed by atoms with Crippen LogP contribution >= 0.6 is 0 Å². The van der Waals surface area contributed by atoms with Crippen LogP contribution in [0.15, 0.2) is 65.6 Å². The number of benzene rings is 3. The summed E-state index contributed by atoms with van der Waals surface area (Å²) in [5, 5.41) is 0. The minimum atomic E-state index is -3.76. The maximum Gasteiger partial charge on any atom is 0.262 e. The molecule has 0 bridgehead atoms. The van der Waals surface area contributed by atoms with Gasteiger partial charge in [0.15, 0.2) is 5.75 Å². The molecule has 0 saturated carbocycles. The van der Waals surface area contributed by atoms with Crippen LogP contribution in [0.2, 0.25) is 0 Å². The number of ether oxygens (including phenoxy) is 1. The monoisotopic (exact) mass is 381 g/mol. The van der Waals surface area contributed by atoms with Gasteiger partial charge in [-0.25, -0.2) is 8.42 Å². The third-order valence-corrected chi connectivity index (χ3v) is 6.31. The van der Waals surface area contributed by atoms with E-state index in [0.29, 0.717) is 22.1 Å². The molecule has 0 amide bonds. The highest BCUT2D eigenvalue weighted by atomic mass is 32.2. The minimum Gasteiger partial charge on any atom is -0.455 e. The van der Waals surface area contributed by atoms with Crippen molar-refractivity contribution in [3.63, 3.8) is 0 Å². The lowest BCUT2D eigenvalue weighted by molar-refractivity contribution is 0.485. The largest absolute Gasteiger partial charge is 0.455 e. The van der Waals surface area contributed by atoms with E-state index in [4.69, 9.17) is 4.74 Å². The Kier molecular flexibility index (Phi) is 5.24. The van der Waals surface area contributed by atoms with Crippen molar-refractivity contribution < 1.29 is 13.2 Å². The van der Waals surface area contributed by atoms with Gasteiger partial charge in [0.1, 0.15) is 5.75 Å². The summed E-state index contributed by atoms with van der Waals surface area (Å²) in [4.78, 5) is 0.328. The Balaban J connectivity index is 2.01. The molecule has 0 saturated heterocycles. The second-order valence-electron chi connectivity index (χ2n) is 6.61. The lowest BCUT2D eigenvalue weighted by atomic mass is 10.0. The van der Waals surface area contributed by atoms with E-state index >= 15 is 0 Å². The van der Waals surface area contributed by atoms with Crippen LogP contribution in [-0.2, 0) is 10.0 Å². The number of nitrogens with one attached hydrogen (secondary N) is 1. The van der Waals surface area contributed by atoms with Gasteiger partial charge in [0.05, 0.1) is 10.6 Å². The molecule has 5 heteroatoms. The molecule has 0 fully saturated rings. The van der Waals surface area contributed by atoms with Crippen molar-refractivity contribution in [1.29, 1.82) is 0 Å². The number of rotatable bonds is 5. The third-order valence-electron chi connectivity index (χ3n) is 4.67. The SMILES string of the molecule is Cc1cc(C)c(C)c(S(=O)(=O)Nc2ccccc2Oc2ccccc2)c1C. The van der Waals surface area contributed by atoms with Crippen molar-refractivity contribution >= 4 is 15.7 Å². The molecule has 3 aromatic carbocycles. The second kappa shape index (κ2) is 7.45. The number of sulfonamides is 1. The lowest BCUT2D eigenvalue weighted by Crippen LogP contribution is -2.17. The third kappa shape index (κ3) is 3.98. The Labute approximate surface area is 160 Å². The summed E-state index contributed by atoms with van der Waals surface area (Å²) < 4.78 is 35.0. The first kappa shape index (κ1) is 19.0. The number of aryl methyl sites for hydroxylation is 2.